The van der Waals surface area contributed by atoms with Crippen molar-refractivity contribution in [3.63, 3.8) is 0 Å². The van der Waals surface area contributed by atoms with E-state index in [4.69, 9.17) is 5.11 Å². The van der Waals surface area contributed by atoms with Crippen LogP contribution in [-0.2, 0) is 0 Å². The van der Waals surface area contributed by atoms with Crippen LogP contribution in [0.15, 0.2) is 0 Å². The lowest BCUT2D eigenvalue weighted by Gasteiger charge is -1.79. The Balaban J connectivity index is -0.0000000446. The molecule has 0 aromatic heterocycles. The lowest BCUT2D eigenvalue weighted by atomic mass is 10.3. The summed E-state index contributed by atoms with van der Waals surface area (Å²) in [4.78, 5) is 0. The molecule has 0 radical (unpaired) electrons. The molecule has 0 aromatic carbocycles. The number of hydrogen-bond acceptors (Lipinski definition) is 1. The predicted octanol–water partition coefficient (Wildman–Crippen LogP) is 4.64. The molecule has 0 atom stereocenters. The van der Waals surface area contributed by atoms with E-state index in [0.29, 0.717) is 0 Å². The SMILES string of the molecule is CC.CCC.CCCCC.CCO. The van der Waals surface area contributed by atoms with E-state index >= 15 is 0 Å². The van der Waals surface area contributed by atoms with Crippen molar-refractivity contribution in [3.05, 3.63) is 0 Å². The first-order valence-electron chi connectivity index (χ1n) is 5.85. The average molecular weight is 192 g/mol. The Morgan fingerprint density at radius 3 is 0.923 bits per heavy atom. The molecular formula is C12H32O. The summed E-state index contributed by atoms with van der Waals surface area (Å²) in [7, 11) is 0. The molecule has 0 unspecified atom stereocenters. The zero-order valence-electron chi connectivity index (χ0n) is 11.0. The summed E-state index contributed by atoms with van der Waals surface area (Å²) in [5.41, 5.74) is 0. The van der Waals surface area contributed by atoms with E-state index in [1.165, 1.54) is 25.7 Å². The Kier molecular flexibility index (Phi) is 104. The maximum Gasteiger partial charge on any atom is 0.0402 e. The molecule has 0 saturated heterocycles. The van der Waals surface area contributed by atoms with Crippen LogP contribution >= 0.6 is 0 Å². The molecule has 1 nitrogen and oxygen atoms in total. The molecule has 1 heteroatoms. The van der Waals surface area contributed by atoms with Gasteiger partial charge in [-0.1, -0.05) is 67.2 Å². The van der Waals surface area contributed by atoms with E-state index < -0.39 is 0 Å². The third kappa shape index (κ3) is 309. The van der Waals surface area contributed by atoms with Crippen LogP contribution in [0.5, 0.6) is 0 Å². The van der Waals surface area contributed by atoms with Crippen LogP contribution in [0.1, 0.15) is 74.1 Å². The highest BCUT2D eigenvalue weighted by Gasteiger charge is 1.68. The standard InChI is InChI=1S/C5H12.C3H8.C2H6O.C2H6/c1-3-5-4-2;1-3-2;1-2-3;1-2/h3-5H2,1-2H3;3H2,1-2H3;3H,2H2,1H3;1-2H3. The van der Waals surface area contributed by atoms with Crippen LogP contribution in [0.25, 0.3) is 0 Å². The minimum absolute atomic E-state index is 0.250. The second kappa shape index (κ2) is 58.4. The summed E-state index contributed by atoms with van der Waals surface area (Å²) in [5, 5.41) is 7.57. The number of unbranched alkanes of at least 4 members (excludes halogenated alkanes) is 2. The van der Waals surface area contributed by atoms with E-state index in [2.05, 4.69) is 27.7 Å². The minimum Gasteiger partial charge on any atom is -0.397 e. The first-order valence-corrected chi connectivity index (χ1v) is 5.85. The first kappa shape index (κ1) is 23.1. The molecule has 0 rings (SSSR count). The molecule has 0 aliphatic rings. The van der Waals surface area contributed by atoms with Gasteiger partial charge in [0.2, 0.25) is 0 Å². The van der Waals surface area contributed by atoms with Gasteiger partial charge in [0.25, 0.3) is 0 Å². The maximum absolute atomic E-state index is 7.57. The summed E-state index contributed by atoms with van der Waals surface area (Å²) in [6, 6.07) is 0. The minimum atomic E-state index is 0.250. The zero-order chi connectivity index (χ0) is 11.5. The van der Waals surface area contributed by atoms with Crippen LogP contribution in [0.3, 0.4) is 0 Å². The molecule has 0 bridgehead atoms. The highest BCUT2D eigenvalue weighted by atomic mass is 16.2. The monoisotopic (exact) mass is 192 g/mol. The fraction of sp³-hybridized carbons (Fsp3) is 1.00. The molecule has 86 valence electrons. The molecule has 0 heterocycles. The first-order chi connectivity index (χ1) is 6.24. The Morgan fingerprint density at radius 2 is 0.923 bits per heavy atom. The van der Waals surface area contributed by atoms with Crippen molar-refractivity contribution < 1.29 is 5.11 Å². The molecule has 0 spiro atoms. The van der Waals surface area contributed by atoms with Gasteiger partial charge in [-0.25, -0.2) is 0 Å². The van der Waals surface area contributed by atoms with Crippen LogP contribution < -0.4 is 0 Å². The van der Waals surface area contributed by atoms with Gasteiger partial charge in [0.15, 0.2) is 0 Å². The lowest BCUT2D eigenvalue weighted by Crippen LogP contribution is -1.59. The van der Waals surface area contributed by atoms with Gasteiger partial charge in [0.1, 0.15) is 0 Å². The zero-order valence-corrected chi connectivity index (χ0v) is 11.0. The molecule has 0 saturated carbocycles. The smallest absolute Gasteiger partial charge is 0.0402 e. The fourth-order valence-electron chi connectivity index (χ4n) is 0.354. The number of rotatable bonds is 2. The van der Waals surface area contributed by atoms with Crippen molar-refractivity contribution in [2.24, 2.45) is 0 Å². The Bertz CT molecular complexity index is 24.3. The molecule has 13 heavy (non-hydrogen) atoms. The number of aliphatic hydroxyl groups excluding tert-OH is 1. The Hall–Kier alpha value is -0.0400. The van der Waals surface area contributed by atoms with Crippen molar-refractivity contribution >= 4 is 0 Å². The van der Waals surface area contributed by atoms with Gasteiger partial charge in [0, 0.05) is 6.61 Å². The van der Waals surface area contributed by atoms with Crippen molar-refractivity contribution in [2.45, 2.75) is 74.1 Å². The van der Waals surface area contributed by atoms with Gasteiger partial charge in [-0.2, -0.15) is 0 Å². The third-order valence-electron chi connectivity index (χ3n) is 0.707. The second-order valence-corrected chi connectivity index (χ2v) is 2.38. The number of aliphatic hydroxyl groups is 1. The summed E-state index contributed by atoms with van der Waals surface area (Å²) in [6.45, 7) is 14.6. The van der Waals surface area contributed by atoms with E-state index in [1.807, 2.05) is 13.8 Å². The Labute approximate surface area is 86.6 Å². The van der Waals surface area contributed by atoms with Gasteiger partial charge in [-0.05, 0) is 6.92 Å². The molecule has 0 fully saturated rings. The summed E-state index contributed by atoms with van der Waals surface area (Å²) in [6.07, 6.45) is 5.33. The quantitative estimate of drug-likeness (QED) is 0.676. The molecule has 0 aliphatic heterocycles. The van der Waals surface area contributed by atoms with E-state index in [-0.39, 0.29) is 6.61 Å². The summed E-state index contributed by atoms with van der Waals surface area (Å²) >= 11 is 0. The second-order valence-electron chi connectivity index (χ2n) is 2.38. The van der Waals surface area contributed by atoms with Gasteiger partial charge in [0.05, 0.1) is 0 Å². The van der Waals surface area contributed by atoms with Gasteiger partial charge < -0.3 is 5.11 Å². The van der Waals surface area contributed by atoms with Crippen LogP contribution in [0.4, 0.5) is 0 Å². The van der Waals surface area contributed by atoms with Crippen LogP contribution in [-0.4, -0.2) is 11.7 Å². The Morgan fingerprint density at radius 1 is 0.769 bits per heavy atom. The summed E-state index contributed by atoms with van der Waals surface area (Å²) in [5.74, 6) is 0. The average Bonchev–Trinajstić information content (AvgIpc) is 2.12. The largest absolute Gasteiger partial charge is 0.397 e. The predicted molar refractivity (Wildman–Crippen MR) is 65.3 cm³/mol. The lowest BCUT2D eigenvalue weighted by molar-refractivity contribution is 0.318. The molecule has 0 aliphatic carbocycles. The molecule has 0 aromatic rings. The van der Waals surface area contributed by atoms with E-state index in [0.717, 1.165) is 0 Å². The van der Waals surface area contributed by atoms with Gasteiger partial charge in [-0.3, -0.25) is 0 Å². The van der Waals surface area contributed by atoms with Crippen molar-refractivity contribution in [1.82, 2.24) is 0 Å². The van der Waals surface area contributed by atoms with Crippen LogP contribution in [0, 0.1) is 0 Å². The van der Waals surface area contributed by atoms with Crippen LogP contribution in [0.2, 0.25) is 0 Å². The van der Waals surface area contributed by atoms with Crippen molar-refractivity contribution in [3.8, 4) is 0 Å². The molecular weight excluding hydrogens is 160 g/mol. The number of hydrogen-bond donors (Lipinski definition) is 1. The molecule has 0 amide bonds. The maximum atomic E-state index is 7.57. The van der Waals surface area contributed by atoms with Gasteiger partial charge in [-0.15, -0.1) is 0 Å². The topological polar surface area (TPSA) is 20.2 Å². The van der Waals surface area contributed by atoms with E-state index in [1.54, 1.807) is 6.92 Å². The third-order valence-corrected chi connectivity index (χ3v) is 0.707. The van der Waals surface area contributed by atoms with Crippen molar-refractivity contribution in [2.75, 3.05) is 6.61 Å². The van der Waals surface area contributed by atoms with E-state index in [9.17, 15) is 0 Å². The highest BCUT2D eigenvalue weighted by Crippen LogP contribution is 1.88. The fourth-order valence-corrected chi connectivity index (χ4v) is 0.354. The normalized spacial score (nSPS) is 6.46. The highest BCUT2D eigenvalue weighted by molar-refractivity contribution is 4.24. The summed E-state index contributed by atoms with van der Waals surface area (Å²) < 4.78 is 0. The molecule has 1 N–H and O–H groups in total. The van der Waals surface area contributed by atoms with Crippen molar-refractivity contribution in [1.29, 1.82) is 0 Å². The van der Waals surface area contributed by atoms with Gasteiger partial charge >= 0.3 is 0 Å².